The Balaban J connectivity index is 1.96. The molecule has 0 bridgehead atoms. The van der Waals surface area contributed by atoms with Gasteiger partial charge < -0.3 is 15.0 Å². The molecule has 7 heteroatoms. The van der Waals surface area contributed by atoms with Crippen LogP contribution >= 0.6 is 0 Å². The number of amides is 2. The molecule has 1 aliphatic heterocycles. The van der Waals surface area contributed by atoms with Gasteiger partial charge in [-0.25, -0.2) is 13.6 Å². The second-order valence-electron chi connectivity index (χ2n) is 5.10. The number of likely N-dealkylation sites (tertiary alicyclic amines) is 1. The van der Waals surface area contributed by atoms with E-state index in [1.807, 2.05) is 0 Å². The van der Waals surface area contributed by atoms with Crippen LogP contribution in [0.25, 0.3) is 0 Å². The second-order valence-corrected chi connectivity index (χ2v) is 5.10. The van der Waals surface area contributed by atoms with E-state index in [1.54, 1.807) is 6.92 Å². The lowest BCUT2D eigenvalue weighted by Crippen LogP contribution is -2.44. The van der Waals surface area contributed by atoms with Crippen LogP contribution in [0.3, 0.4) is 0 Å². The van der Waals surface area contributed by atoms with Gasteiger partial charge in [0.2, 0.25) is 5.91 Å². The summed E-state index contributed by atoms with van der Waals surface area (Å²) in [5.74, 6) is -2.70. The monoisotopic (exact) mass is 312 g/mol. The van der Waals surface area contributed by atoms with E-state index in [9.17, 15) is 18.4 Å². The molecule has 0 aliphatic carbocycles. The van der Waals surface area contributed by atoms with Crippen LogP contribution in [0.2, 0.25) is 0 Å². The normalized spacial score (nSPS) is 18.0. The van der Waals surface area contributed by atoms with Gasteiger partial charge in [-0.05, 0) is 31.9 Å². The van der Waals surface area contributed by atoms with Gasteiger partial charge in [-0.1, -0.05) is 0 Å². The van der Waals surface area contributed by atoms with E-state index in [4.69, 9.17) is 4.74 Å². The van der Waals surface area contributed by atoms with Gasteiger partial charge in [0.25, 0.3) is 0 Å². The predicted octanol–water partition coefficient (Wildman–Crippen LogP) is 2.77. The number of ether oxygens (including phenoxy) is 1. The Bertz CT molecular complexity index is 566. The summed E-state index contributed by atoms with van der Waals surface area (Å²) >= 11 is 0. The fourth-order valence-electron chi connectivity index (χ4n) is 2.39. The zero-order valence-electron chi connectivity index (χ0n) is 12.3. The molecule has 1 atom stereocenters. The van der Waals surface area contributed by atoms with Crippen LogP contribution in [-0.4, -0.2) is 36.6 Å². The first-order chi connectivity index (χ1) is 10.5. The highest BCUT2D eigenvalue weighted by molar-refractivity contribution is 5.93. The molecular formula is C15H18F2N2O3. The molecule has 0 saturated carbocycles. The van der Waals surface area contributed by atoms with E-state index in [-0.39, 0.29) is 24.7 Å². The van der Waals surface area contributed by atoms with Gasteiger partial charge in [-0.15, -0.1) is 0 Å². The third-order valence-electron chi connectivity index (χ3n) is 3.51. The third kappa shape index (κ3) is 3.93. The van der Waals surface area contributed by atoms with Crippen molar-refractivity contribution in [3.8, 4) is 0 Å². The Morgan fingerprint density at radius 1 is 1.36 bits per heavy atom. The summed E-state index contributed by atoms with van der Waals surface area (Å²) in [7, 11) is 0. The molecule has 1 aromatic rings. The highest BCUT2D eigenvalue weighted by Gasteiger charge is 2.29. The number of hydrogen-bond donors (Lipinski definition) is 1. The summed E-state index contributed by atoms with van der Waals surface area (Å²) in [4.78, 5) is 25.4. The first-order valence-corrected chi connectivity index (χ1v) is 7.19. The smallest absolute Gasteiger partial charge is 0.409 e. The highest BCUT2D eigenvalue weighted by Crippen LogP contribution is 2.20. The van der Waals surface area contributed by atoms with Gasteiger partial charge in [0.1, 0.15) is 0 Å². The Morgan fingerprint density at radius 3 is 2.82 bits per heavy atom. The first kappa shape index (κ1) is 16.2. The number of carbonyl (C=O) groups is 2. The number of piperidine rings is 1. The summed E-state index contributed by atoms with van der Waals surface area (Å²) in [6.45, 7) is 2.80. The number of benzene rings is 1. The quantitative estimate of drug-likeness (QED) is 0.933. The summed E-state index contributed by atoms with van der Waals surface area (Å²) < 4.78 is 30.9. The number of rotatable bonds is 3. The van der Waals surface area contributed by atoms with Gasteiger partial charge in [-0.3, -0.25) is 4.79 Å². The Labute approximate surface area is 127 Å². The maximum atomic E-state index is 13.1. The Kier molecular flexibility index (Phi) is 5.30. The molecule has 5 nitrogen and oxygen atoms in total. The zero-order valence-corrected chi connectivity index (χ0v) is 12.3. The molecule has 0 aromatic heterocycles. The van der Waals surface area contributed by atoms with Crippen LogP contribution in [0.4, 0.5) is 19.3 Å². The molecule has 2 rings (SSSR count). The van der Waals surface area contributed by atoms with Crippen molar-refractivity contribution in [1.29, 1.82) is 0 Å². The average molecular weight is 312 g/mol. The van der Waals surface area contributed by atoms with Crippen LogP contribution in [-0.2, 0) is 9.53 Å². The molecule has 1 N–H and O–H groups in total. The van der Waals surface area contributed by atoms with Crippen molar-refractivity contribution in [1.82, 2.24) is 4.90 Å². The summed E-state index contributed by atoms with van der Waals surface area (Å²) in [5, 5.41) is 2.55. The van der Waals surface area contributed by atoms with Crippen molar-refractivity contribution in [2.45, 2.75) is 19.8 Å². The number of nitrogens with one attached hydrogen (secondary N) is 1. The molecular weight excluding hydrogens is 294 g/mol. The molecule has 1 heterocycles. The molecule has 22 heavy (non-hydrogen) atoms. The minimum atomic E-state index is -1.02. The molecule has 0 radical (unpaired) electrons. The Hall–Kier alpha value is -2.18. The van der Waals surface area contributed by atoms with Gasteiger partial charge in [-0.2, -0.15) is 0 Å². The third-order valence-corrected chi connectivity index (χ3v) is 3.51. The van der Waals surface area contributed by atoms with Gasteiger partial charge in [0.05, 0.1) is 12.5 Å². The van der Waals surface area contributed by atoms with E-state index in [2.05, 4.69) is 5.32 Å². The number of nitrogens with zero attached hydrogens (tertiary/aromatic N) is 1. The first-order valence-electron chi connectivity index (χ1n) is 7.19. The summed E-state index contributed by atoms with van der Waals surface area (Å²) in [6, 6.07) is 3.18. The predicted molar refractivity (Wildman–Crippen MR) is 76.3 cm³/mol. The standard InChI is InChI=1S/C15H18F2N2O3/c1-2-22-15(21)19-7-3-4-10(9-19)14(20)18-11-5-6-12(16)13(17)8-11/h5-6,8,10H,2-4,7,9H2,1H3,(H,18,20)/t10-/m1/s1. The lowest BCUT2D eigenvalue weighted by atomic mass is 9.97. The van der Waals surface area contributed by atoms with E-state index in [1.165, 1.54) is 11.0 Å². The number of hydrogen-bond acceptors (Lipinski definition) is 3. The largest absolute Gasteiger partial charge is 0.450 e. The van der Waals surface area contributed by atoms with E-state index in [0.717, 1.165) is 12.1 Å². The van der Waals surface area contributed by atoms with Crippen LogP contribution in [0.1, 0.15) is 19.8 Å². The minimum absolute atomic E-state index is 0.192. The average Bonchev–Trinajstić information content (AvgIpc) is 2.51. The number of carbonyl (C=O) groups excluding carboxylic acids is 2. The fraction of sp³-hybridized carbons (Fsp3) is 0.467. The minimum Gasteiger partial charge on any atom is -0.450 e. The van der Waals surface area contributed by atoms with Crippen molar-refractivity contribution < 1.29 is 23.1 Å². The fourth-order valence-corrected chi connectivity index (χ4v) is 2.39. The molecule has 1 aromatic carbocycles. The topological polar surface area (TPSA) is 58.6 Å². The molecule has 1 aliphatic rings. The summed E-state index contributed by atoms with van der Waals surface area (Å²) in [5.41, 5.74) is 0.192. The van der Waals surface area contributed by atoms with Crippen LogP contribution in [0.15, 0.2) is 18.2 Å². The maximum absolute atomic E-state index is 13.1. The van der Waals surface area contributed by atoms with Gasteiger partial charge in [0.15, 0.2) is 11.6 Å². The Morgan fingerprint density at radius 2 is 2.14 bits per heavy atom. The zero-order chi connectivity index (χ0) is 16.1. The van der Waals surface area contributed by atoms with Gasteiger partial charge in [0, 0.05) is 24.8 Å². The van der Waals surface area contributed by atoms with Crippen molar-refractivity contribution in [2.24, 2.45) is 5.92 Å². The second kappa shape index (κ2) is 7.20. The van der Waals surface area contributed by atoms with Crippen LogP contribution in [0.5, 0.6) is 0 Å². The number of anilines is 1. The lowest BCUT2D eigenvalue weighted by Gasteiger charge is -2.31. The SMILES string of the molecule is CCOC(=O)N1CCC[C@@H](C(=O)Nc2ccc(F)c(F)c2)C1. The highest BCUT2D eigenvalue weighted by atomic mass is 19.2. The molecule has 0 spiro atoms. The lowest BCUT2D eigenvalue weighted by molar-refractivity contribution is -0.121. The number of halogens is 2. The molecule has 0 unspecified atom stereocenters. The van der Waals surface area contributed by atoms with Gasteiger partial charge >= 0.3 is 6.09 Å². The summed E-state index contributed by atoms with van der Waals surface area (Å²) in [6.07, 6.45) is 0.882. The maximum Gasteiger partial charge on any atom is 0.409 e. The van der Waals surface area contributed by atoms with Crippen molar-refractivity contribution in [2.75, 3.05) is 25.0 Å². The molecule has 1 saturated heterocycles. The molecule has 1 fully saturated rings. The van der Waals surface area contributed by atoms with Crippen LogP contribution in [0, 0.1) is 17.6 Å². The molecule has 2 amide bonds. The van der Waals surface area contributed by atoms with Crippen molar-refractivity contribution >= 4 is 17.7 Å². The van der Waals surface area contributed by atoms with E-state index in [0.29, 0.717) is 19.4 Å². The molecule has 120 valence electrons. The van der Waals surface area contributed by atoms with Crippen LogP contribution < -0.4 is 5.32 Å². The van der Waals surface area contributed by atoms with E-state index >= 15 is 0 Å². The van der Waals surface area contributed by atoms with Crippen molar-refractivity contribution in [3.63, 3.8) is 0 Å². The van der Waals surface area contributed by atoms with Crippen molar-refractivity contribution in [3.05, 3.63) is 29.8 Å². The van der Waals surface area contributed by atoms with E-state index < -0.39 is 23.6 Å².